The summed E-state index contributed by atoms with van der Waals surface area (Å²) >= 11 is 1.03. The second-order valence-corrected chi connectivity index (χ2v) is 9.07. The first kappa shape index (κ1) is 18.7. The van der Waals surface area contributed by atoms with E-state index in [4.69, 9.17) is 4.74 Å². The van der Waals surface area contributed by atoms with Gasteiger partial charge in [-0.25, -0.2) is 13.1 Å². The van der Waals surface area contributed by atoms with E-state index in [0.29, 0.717) is 16.0 Å². The van der Waals surface area contributed by atoms with E-state index in [-0.39, 0.29) is 22.9 Å². The Morgan fingerprint density at radius 3 is 2.64 bits per heavy atom. The lowest BCUT2D eigenvalue weighted by Crippen LogP contribution is -2.28. The molecule has 4 rings (SSSR count). The van der Waals surface area contributed by atoms with Crippen molar-refractivity contribution in [1.29, 1.82) is 0 Å². The molecule has 0 spiro atoms. The average molecular weight is 415 g/mol. The van der Waals surface area contributed by atoms with Gasteiger partial charge in [-0.15, -0.1) is 0 Å². The average Bonchev–Trinajstić information content (AvgIpc) is 2.98. The Morgan fingerprint density at radius 2 is 1.82 bits per heavy atom. The van der Waals surface area contributed by atoms with Crippen molar-refractivity contribution in [2.45, 2.75) is 4.90 Å². The summed E-state index contributed by atoms with van der Waals surface area (Å²) in [6, 6.07) is 18.4. The van der Waals surface area contributed by atoms with Crippen LogP contribution in [-0.4, -0.2) is 26.1 Å². The summed E-state index contributed by atoms with van der Waals surface area (Å²) in [5.41, 5.74) is 0.716. The molecule has 3 aromatic carbocycles. The topological polar surface area (TPSA) is 77.4 Å². The zero-order valence-corrected chi connectivity index (χ0v) is 16.7. The van der Waals surface area contributed by atoms with Crippen LogP contribution in [0, 0.1) is 0 Å². The van der Waals surface area contributed by atoms with E-state index in [0.717, 1.165) is 22.1 Å². The highest BCUT2D eigenvalue weighted by Crippen LogP contribution is 2.22. The van der Waals surface area contributed by atoms with Crippen LogP contribution in [0.3, 0.4) is 0 Å². The molecule has 0 aliphatic heterocycles. The second-order valence-electron chi connectivity index (χ2n) is 6.31. The highest BCUT2D eigenvalue weighted by Gasteiger charge is 2.15. The van der Waals surface area contributed by atoms with Crippen molar-refractivity contribution in [2.24, 2.45) is 7.05 Å². The Morgan fingerprint density at radius 1 is 1.04 bits per heavy atom. The maximum Gasteiger partial charge on any atom is 0.307 e. The lowest BCUT2D eigenvalue weighted by atomic mass is 10.1. The van der Waals surface area contributed by atoms with Gasteiger partial charge in [0.05, 0.1) is 15.1 Å². The Labute approximate surface area is 166 Å². The molecular formula is C20H18N2O4S2. The SMILES string of the molecule is Cn1c(=O)sc2cc(S(=O)(=O)NCCOc3ccc4ccccc4c3)ccc21. The molecule has 0 aliphatic carbocycles. The van der Waals surface area contributed by atoms with Gasteiger partial charge in [-0.05, 0) is 41.1 Å². The van der Waals surface area contributed by atoms with E-state index < -0.39 is 10.0 Å². The minimum atomic E-state index is -3.68. The number of rotatable bonds is 6. The third kappa shape index (κ3) is 3.66. The lowest BCUT2D eigenvalue weighted by molar-refractivity contribution is 0.323. The maximum absolute atomic E-state index is 12.5. The maximum atomic E-state index is 12.5. The van der Waals surface area contributed by atoms with Gasteiger partial charge < -0.3 is 9.30 Å². The van der Waals surface area contributed by atoms with Crippen molar-refractivity contribution >= 4 is 42.3 Å². The van der Waals surface area contributed by atoms with Crippen molar-refractivity contribution in [3.8, 4) is 5.75 Å². The van der Waals surface area contributed by atoms with Crippen LogP contribution >= 0.6 is 11.3 Å². The largest absolute Gasteiger partial charge is 0.492 e. The fourth-order valence-electron chi connectivity index (χ4n) is 2.97. The number of nitrogens with one attached hydrogen (secondary N) is 1. The molecule has 144 valence electrons. The molecule has 1 heterocycles. The molecule has 28 heavy (non-hydrogen) atoms. The molecule has 0 aliphatic rings. The summed E-state index contributed by atoms with van der Waals surface area (Å²) in [6.07, 6.45) is 0. The van der Waals surface area contributed by atoms with Gasteiger partial charge in [-0.1, -0.05) is 41.7 Å². The van der Waals surface area contributed by atoms with Crippen LogP contribution in [0.5, 0.6) is 5.75 Å². The molecule has 0 saturated heterocycles. The van der Waals surface area contributed by atoms with Crippen molar-refractivity contribution in [2.75, 3.05) is 13.2 Å². The monoisotopic (exact) mass is 414 g/mol. The second kappa shape index (κ2) is 7.38. The number of hydrogen-bond donors (Lipinski definition) is 1. The third-order valence-corrected chi connectivity index (χ3v) is 6.91. The number of nitrogens with zero attached hydrogens (tertiary/aromatic N) is 1. The molecule has 0 fully saturated rings. The molecule has 0 bridgehead atoms. The van der Waals surface area contributed by atoms with Crippen LogP contribution in [0.15, 0.2) is 70.4 Å². The lowest BCUT2D eigenvalue weighted by Gasteiger charge is -2.09. The Bertz CT molecular complexity index is 1320. The number of fused-ring (bicyclic) bond motifs is 2. The smallest absolute Gasteiger partial charge is 0.307 e. The van der Waals surface area contributed by atoms with Gasteiger partial charge in [0.2, 0.25) is 10.0 Å². The number of thiazole rings is 1. The molecule has 0 radical (unpaired) electrons. The van der Waals surface area contributed by atoms with E-state index in [2.05, 4.69) is 4.72 Å². The Kier molecular flexibility index (Phi) is 4.92. The van der Waals surface area contributed by atoms with E-state index >= 15 is 0 Å². The van der Waals surface area contributed by atoms with Crippen LogP contribution in [0.1, 0.15) is 0 Å². The normalized spacial score (nSPS) is 11.9. The molecule has 1 N–H and O–H groups in total. The van der Waals surface area contributed by atoms with Crippen LogP contribution in [0.2, 0.25) is 0 Å². The zero-order valence-electron chi connectivity index (χ0n) is 15.1. The predicted octanol–water partition coefficient (Wildman–Crippen LogP) is 3.11. The molecule has 0 saturated carbocycles. The van der Waals surface area contributed by atoms with Gasteiger partial charge in [0, 0.05) is 13.6 Å². The molecule has 0 unspecified atom stereocenters. The molecule has 4 aromatic rings. The fourth-order valence-corrected chi connectivity index (χ4v) is 5.00. The molecule has 6 nitrogen and oxygen atoms in total. The number of aromatic nitrogens is 1. The molecule has 0 amide bonds. The van der Waals surface area contributed by atoms with Crippen molar-refractivity contribution in [3.05, 3.63) is 70.3 Å². The summed E-state index contributed by atoms with van der Waals surface area (Å²) < 4.78 is 35.4. The van der Waals surface area contributed by atoms with Gasteiger partial charge >= 0.3 is 4.87 Å². The summed E-state index contributed by atoms with van der Waals surface area (Å²) in [4.78, 5) is 11.7. The first-order valence-electron chi connectivity index (χ1n) is 8.65. The standard InChI is InChI=1S/C20H18N2O4S2/c1-22-18-9-8-17(13-19(18)27-20(22)23)28(24,25)21-10-11-26-16-7-6-14-4-2-3-5-15(14)12-16/h2-9,12-13,21H,10-11H2,1H3. The number of benzene rings is 3. The number of sulfonamides is 1. The fraction of sp³-hybridized carbons (Fsp3) is 0.150. The zero-order chi connectivity index (χ0) is 19.7. The summed E-state index contributed by atoms with van der Waals surface area (Å²) in [5, 5.41) is 2.19. The van der Waals surface area contributed by atoms with Gasteiger partial charge in [0.1, 0.15) is 12.4 Å². The van der Waals surface area contributed by atoms with Gasteiger partial charge in [0.25, 0.3) is 0 Å². The van der Waals surface area contributed by atoms with Crippen LogP contribution in [0.25, 0.3) is 21.0 Å². The van der Waals surface area contributed by atoms with E-state index in [1.54, 1.807) is 13.1 Å². The van der Waals surface area contributed by atoms with Gasteiger partial charge in [-0.3, -0.25) is 4.79 Å². The summed E-state index contributed by atoms with van der Waals surface area (Å²) in [5.74, 6) is 0.688. The minimum absolute atomic E-state index is 0.124. The van der Waals surface area contributed by atoms with Gasteiger partial charge in [-0.2, -0.15) is 0 Å². The number of aryl methyl sites for hydroxylation is 1. The third-order valence-electron chi connectivity index (χ3n) is 4.46. The molecule has 8 heteroatoms. The number of ether oxygens (including phenoxy) is 1. The minimum Gasteiger partial charge on any atom is -0.492 e. The predicted molar refractivity (Wildman–Crippen MR) is 112 cm³/mol. The van der Waals surface area contributed by atoms with Crippen LogP contribution in [0.4, 0.5) is 0 Å². The Hall–Kier alpha value is -2.68. The van der Waals surface area contributed by atoms with Crippen molar-refractivity contribution in [3.63, 3.8) is 0 Å². The van der Waals surface area contributed by atoms with Crippen LogP contribution in [-0.2, 0) is 17.1 Å². The summed E-state index contributed by atoms with van der Waals surface area (Å²) in [7, 11) is -2.01. The van der Waals surface area contributed by atoms with E-state index in [1.807, 2.05) is 42.5 Å². The molecule has 0 atom stereocenters. The van der Waals surface area contributed by atoms with Gasteiger partial charge in [0.15, 0.2) is 0 Å². The van der Waals surface area contributed by atoms with E-state index in [1.165, 1.54) is 16.7 Å². The molecule has 1 aromatic heterocycles. The first-order chi connectivity index (χ1) is 13.4. The highest BCUT2D eigenvalue weighted by molar-refractivity contribution is 7.89. The quantitative estimate of drug-likeness (QED) is 0.492. The summed E-state index contributed by atoms with van der Waals surface area (Å²) in [6.45, 7) is 0.344. The Balaban J connectivity index is 1.41. The highest BCUT2D eigenvalue weighted by atomic mass is 32.2. The number of hydrogen-bond acceptors (Lipinski definition) is 5. The van der Waals surface area contributed by atoms with Crippen molar-refractivity contribution in [1.82, 2.24) is 9.29 Å². The van der Waals surface area contributed by atoms with Crippen LogP contribution < -0.4 is 14.3 Å². The van der Waals surface area contributed by atoms with E-state index in [9.17, 15) is 13.2 Å². The van der Waals surface area contributed by atoms with Crippen molar-refractivity contribution < 1.29 is 13.2 Å². The molecular weight excluding hydrogens is 396 g/mol. The first-order valence-corrected chi connectivity index (χ1v) is 10.9.